The molecule has 0 bridgehead atoms. The molecule has 1 aliphatic heterocycles. The van der Waals surface area contributed by atoms with Crippen LogP contribution in [0.4, 0.5) is 0 Å². The van der Waals surface area contributed by atoms with E-state index in [1.807, 2.05) is 4.90 Å². The van der Waals surface area contributed by atoms with Crippen molar-refractivity contribution in [3.8, 4) is 0 Å². The van der Waals surface area contributed by atoms with Gasteiger partial charge in [-0.05, 0) is 19.4 Å². The molecule has 5 heteroatoms. The highest BCUT2D eigenvalue weighted by Crippen LogP contribution is 2.05. The summed E-state index contributed by atoms with van der Waals surface area (Å²) in [6.07, 6.45) is 2.44. The van der Waals surface area contributed by atoms with Gasteiger partial charge in [0.2, 0.25) is 5.91 Å². The average Bonchev–Trinajstić information content (AvgIpc) is 2.30. The van der Waals surface area contributed by atoms with E-state index in [4.69, 9.17) is 10.8 Å². The maximum absolute atomic E-state index is 11.8. The minimum Gasteiger partial charge on any atom is -0.395 e. The second kappa shape index (κ2) is 7.60. The van der Waals surface area contributed by atoms with Crippen LogP contribution in [-0.4, -0.2) is 66.7 Å². The molecule has 94 valence electrons. The number of aliphatic hydroxyl groups is 1. The molecule has 0 atom stereocenters. The van der Waals surface area contributed by atoms with Gasteiger partial charge in [-0.15, -0.1) is 0 Å². The Labute approximate surface area is 97.2 Å². The van der Waals surface area contributed by atoms with Gasteiger partial charge in [-0.25, -0.2) is 0 Å². The van der Waals surface area contributed by atoms with Crippen LogP contribution >= 0.6 is 0 Å². The van der Waals surface area contributed by atoms with E-state index >= 15 is 0 Å². The van der Waals surface area contributed by atoms with Crippen molar-refractivity contribution in [2.24, 2.45) is 5.73 Å². The third kappa shape index (κ3) is 4.47. The predicted molar refractivity (Wildman–Crippen MR) is 63.0 cm³/mol. The normalized spacial score (nSPS) is 17.8. The lowest BCUT2D eigenvalue weighted by molar-refractivity contribution is -0.133. The van der Waals surface area contributed by atoms with Crippen LogP contribution in [0.1, 0.15) is 19.3 Å². The highest BCUT2D eigenvalue weighted by atomic mass is 16.3. The third-order valence-corrected chi connectivity index (χ3v) is 2.99. The van der Waals surface area contributed by atoms with Crippen LogP contribution in [-0.2, 0) is 4.79 Å². The molecule has 1 aliphatic rings. The van der Waals surface area contributed by atoms with Gasteiger partial charge in [-0.2, -0.15) is 0 Å². The van der Waals surface area contributed by atoms with Crippen molar-refractivity contribution in [1.82, 2.24) is 9.80 Å². The first kappa shape index (κ1) is 13.4. The second-order valence-electron chi connectivity index (χ2n) is 4.19. The van der Waals surface area contributed by atoms with Crippen LogP contribution in [0.15, 0.2) is 0 Å². The Morgan fingerprint density at radius 2 is 1.88 bits per heavy atom. The Bertz CT molecular complexity index is 203. The lowest BCUT2D eigenvalue weighted by Gasteiger charge is -2.34. The molecule has 3 N–H and O–H groups in total. The van der Waals surface area contributed by atoms with Crippen LogP contribution < -0.4 is 5.73 Å². The van der Waals surface area contributed by atoms with Gasteiger partial charge in [0.15, 0.2) is 0 Å². The van der Waals surface area contributed by atoms with Crippen molar-refractivity contribution < 1.29 is 9.90 Å². The Morgan fingerprint density at radius 1 is 1.19 bits per heavy atom. The lowest BCUT2D eigenvalue weighted by atomic mass is 10.2. The van der Waals surface area contributed by atoms with Crippen molar-refractivity contribution in [2.75, 3.05) is 45.9 Å². The molecule has 0 aromatic carbocycles. The molecule has 1 rings (SSSR count). The number of unbranched alkanes of at least 4 members (excludes halogenated alkanes) is 1. The lowest BCUT2D eigenvalue weighted by Crippen LogP contribution is -2.49. The molecule has 0 radical (unpaired) electrons. The summed E-state index contributed by atoms with van der Waals surface area (Å²) in [5.41, 5.74) is 5.39. The first-order valence-corrected chi connectivity index (χ1v) is 6.09. The van der Waals surface area contributed by atoms with Crippen LogP contribution in [0.2, 0.25) is 0 Å². The summed E-state index contributed by atoms with van der Waals surface area (Å²) in [5.74, 6) is 0.247. The van der Waals surface area contributed by atoms with Crippen LogP contribution in [0.3, 0.4) is 0 Å². The molecular formula is C11H23N3O2. The first-order valence-electron chi connectivity index (χ1n) is 6.09. The fraction of sp³-hybridized carbons (Fsp3) is 0.909. The number of carbonyl (C=O) groups is 1. The van der Waals surface area contributed by atoms with Crippen molar-refractivity contribution in [2.45, 2.75) is 19.3 Å². The molecule has 5 nitrogen and oxygen atoms in total. The van der Waals surface area contributed by atoms with E-state index in [1.165, 1.54) is 0 Å². The van der Waals surface area contributed by atoms with Crippen molar-refractivity contribution >= 4 is 5.91 Å². The van der Waals surface area contributed by atoms with Gasteiger partial charge < -0.3 is 15.7 Å². The minimum absolute atomic E-state index is 0.199. The number of carbonyl (C=O) groups excluding carboxylic acids is 1. The molecule has 0 saturated carbocycles. The zero-order chi connectivity index (χ0) is 11.8. The minimum atomic E-state index is 0.199. The highest BCUT2D eigenvalue weighted by molar-refractivity contribution is 5.76. The second-order valence-corrected chi connectivity index (χ2v) is 4.19. The molecule has 0 aliphatic carbocycles. The topological polar surface area (TPSA) is 69.8 Å². The summed E-state index contributed by atoms with van der Waals surface area (Å²) in [4.78, 5) is 15.9. The Morgan fingerprint density at radius 3 is 2.44 bits per heavy atom. The molecule has 1 saturated heterocycles. The first-order chi connectivity index (χ1) is 7.77. The summed E-state index contributed by atoms with van der Waals surface area (Å²) >= 11 is 0. The van der Waals surface area contributed by atoms with E-state index in [-0.39, 0.29) is 12.5 Å². The number of nitrogens with zero attached hydrogens (tertiary/aromatic N) is 2. The summed E-state index contributed by atoms with van der Waals surface area (Å²) in [7, 11) is 0. The summed E-state index contributed by atoms with van der Waals surface area (Å²) in [6.45, 7) is 4.92. The van der Waals surface area contributed by atoms with Gasteiger partial charge >= 0.3 is 0 Å². The van der Waals surface area contributed by atoms with E-state index in [1.54, 1.807) is 0 Å². The van der Waals surface area contributed by atoms with E-state index in [2.05, 4.69) is 4.90 Å². The molecule has 0 aromatic heterocycles. The maximum Gasteiger partial charge on any atom is 0.222 e. The standard InChI is InChI=1S/C11H23N3O2/c12-4-2-1-3-11(16)14-7-5-13(6-8-14)9-10-15/h15H,1-10,12H2. The molecule has 1 fully saturated rings. The van der Waals surface area contributed by atoms with E-state index in [0.29, 0.717) is 13.0 Å². The van der Waals surface area contributed by atoms with Crippen molar-refractivity contribution in [3.63, 3.8) is 0 Å². The molecule has 16 heavy (non-hydrogen) atoms. The number of β-amino-alcohol motifs (C(OH)–C–C–N with tert-alkyl or cyclic N) is 1. The molecule has 1 amide bonds. The molecular weight excluding hydrogens is 206 g/mol. The molecule has 1 heterocycles. The van der Waals surface area contributed by atoms with Crippen LogP contribution in [0.5, 0.6) is 0 Å². The predicted octanol–water partition coefficient (Wildman–Crippen LogP) is -0.748. The van der Waals surface area contributed by atoms with Gasteiger partial charge in [-0.1, -0.05) is 0 Å². The zero-order valence-electron chi connectivity index (χ0n) is 9.90. The van der Waals surface area contributed by atoms with E-state index in [9.17, 15) is 4.79 Å². The van der Waals surface area contributed by atoms with Gasteiger partial charge in [0.25, 0.3) is 0 Å². The smallest absolute Gasteiger partial charge is 0.222 e. The summed E-state index contributed by atoms with van der Waals surface area (Å²) < 4.78 is 0. The van der Waals surface area contributed by atoms with Crippen molar-refractivity contribution in [1.29, 1.82) is 0 Å². The Hall–Kier alpha value is -0.650. The van der Waals surface area contributed by atoms with Gasteiger partial charge in [0.05, 0.1) is 6.61 Å². The largest absolute Gasteiger partial charge is 0.395 e. The number of rotatable bonds is 6. The van der Waals surface area contributed by atoms with Crippen molar-refractivity contribution in [3.05, 3.63) is 0 Å². The Kier molecular flexibility index (Phi) is 6.37. The molecule has 0 spiro atoms. The molecule has 0 aromatic rings. The fourth-order valence-corrected chi connectivity index (χ4v) is 1.94. The van der Waals surface area contributed by atoms with E-state index in [0.717, 1.165) is 45.6 Å². The van der Waals surface area contributed by atoms with Crippen LogP contribution in [0, 0.1) is 0 Å². The van der Waals surface area contributed by atoms with E-state index < -0.39 is 0 Å². The SMILES string of the molecule is NCCCCC(=O)N1CCN(CCO)CC1. The summed E-state index contributed by atoms with van der Waals surface area (Å²) in [5, 5.41) is 8.80. The fourth-order valence-electron chi connectivity index (χ4n) is 1.94. The number of piperazine rings is 1. The zero-order valence-corrected chi connectivity index (χ0v) is 9.90. The van der Waals surface area contributed by atoms with Gasteiger partial charge in [0, 0.05) is 39.1 Å². The number of hydrogen-bond donors (Lipinski definition) is 2. The maximum atomic E-state index is 11.8. The number of hydrogen-bond acceptors (Lipinski definition) is 4. The Balaban J connectivity index is 2.17. The van der Waals surface area contributed by atoms with Gasteiger partial charge in [0.1, 0.15) is 0 Å². The number of aliphatic hydroxyl groups excluding tert-OH is 1. The van der Waals surface area contributed by atoms with Gasteiger partial charge in [-0.3, -0.25) is 9.69 Å². The quantitative estimate of drug-likeness (QED) is 0.588. The number of amides is 1. The number of nitrogens with two attached hydrogens (primary N) is 1. The van der Waals surface area contributed by atoms with Crippen LogP contribution in [0.25, 0.3) is 0 Å². The monoisotopic (exact) mass is 229 g/mol. The molecule has 0 unspecified atom stereocenters. The third-order valence-electron chi connectivity index (χ3n) is 2.99. The average molecular weight is 229 g/mol. The highest BCUT2D eigenvalue weighted by Gasteiger charge is 2.19. The summed E-state index contributed by atoms with van der Waals surface area (Å²) in [6, 6.07) is 0.